The zero-order chi connectivity index (χ0) is 32.6. The van der Waals surface area contributed by atoms with Crippen molar-refractivity contribution in [1.29, 1.82) is 0 Å². The molecule has 0 aliphatic rings. The fourth-order valence-corrected chi connectivity index (χ4v) is 6.54. The molecule has 7 nitrogen and oxygen atoms in total. The van der Waals surface area contributed by atoms with Crippen LogP contribution < -0.4 is 9.62 Å². The minimum absolute atomic E-state index is 0.0734. The third-order valence-corrected chi connectivity index (χ3v) is 10.1. The maximum atomic E-state index is 14.5. The number of anilines is 1. The second kappa shape index (κ2) is 15.4. The lowest BCUT2D eigenvalue weighted by Gasteiger charge is -2.34. The molecule has 0 aliphatic heterocycles. The Morgan fingerprint density at radius 3 is 1.96 bits per heavy atom. The molecule has 0 saturated carbocycles. The van der Waals surface area contributed by atoms with Crippen LogP contribution in [0, 0.1) is 13.8 Å². The molecule has 0 heterocycles. The van der Waals surface area contributed by atoms with Crippen LogP contribution >= 0.6 is 15.9 Å². The largest absolute Gasteiger partial charge is 0.352 e. The lowest BCUT2D eigenvalue weighted by atomic mass is 10.0. The van der Waals surface area contributed by atoms with E-state index < -0.39 is 28.5 Å². The number of amides is 2. The van der Waals surface area contributed by atoms with Crippen LogP contribution in [-0.2, 0) is 32.6 Å². The Hall–Kier alpha value is -3.95. The lowest BCUT2D eigenvalue weighted by Crippen LogP contribution is -2.54. The minimum Gasteiger partial charge on any atom is -0.352 e. The van der Waals surface area contributed by atoms with Gasteiger partial charge in [-0.05, 0) is 74.7 Å². The minimum atomic E-state index is -4.15. The van der Waals surface area contributed by atoms with E-state index >= 15 is 0 Å². The first kappa shape index (κ1) is 33.9. The molecule has 0 bridgehead atoms. The molecule has 0 spiro atoms. The standard InChI is InChI=1S/C36H40BrN3O4S/c1-5-28(4)38-36(42)34(23-29-9-7-6-8-10-29)39(24-30-15-11-26(2)12-16-30)35(41)25-40(32-19-17-31(37)18-20-32)45(43,44)33-21-13-27(3)14-22-33/h6-22,28,34H,5,23-25H2,1-4H3,(H,38,42). The predicted octanol–water partition coefficient (Wildman–Crippen LogP) is 6.82. The third-order valence-electron chi connectivity index (χ3n) is 7.75. The van der Waals surface area contributed by atoms with Crippen molar-refractivity contribution in [3.05, 3.63) is 130 Å². The lowest BCUT2D eigenvalue weighted by molar-refractivity contribution is -0.140. The Bertz CT molecular complexity index is 1680. The number of hydrogen-bond donors (Lipinski definition) is 1. The zero-order valence-corrected chi connectivity index (χ0v) is 28.5. The van der Waals surface area contributed by atoms with E-state index in [1.807, 2.05) is 82.3 Å². The van der Waals surface area contributed by atoms with E-state index in [0.717, 1.165) is 37.5 Å². The summed E-state index contributed by atoms with van der Waals surface area (Å²) in [6.07, 6.45) is 0.992. The molecule has 1 N–H and O–H groups in total. The van der Waals surface area contributed by atoms with Gasteiger partial charge < -0.3 is 10.2 Å². The molecule has 0 aromatic heterocycles. The molecule has 2 atom stereocenters. The van der Waals surface area contributed by atoms with Crippen LogP contribution in [0.1, 0.15) is 42.5 Å². The van der Waals surface area contributed by atoms with E-state index in [1.165, 1.54) is 4.90 Å². The normalized spacial score (nSPS) is 12.6. The first-order chi connectivity index (χ1) is 21.5. The van der Waals surface area contributed by atoms with Crippen molar-refractivity contribution in [3.8, 4) is 0 Å². The Balaban J connectivity index is 1.80. The van der Waals surface area contributed by atoms with Gasteiger partial charge in [0.2, 0.25) is 11.8 Å². The highest BCUT2D eigenvalue weighted by Gasteiger charge is 2.35. The summed E-state index contributed by atoms with van der Waals surface area (Å²) in [6.45, 7) is 7.41. The van der Waals surface area contributed by atoms with Crippen LogP contribution in [0.5, 0.6) is 0 Å². The second-order valence-electron chi connectivity index (χ2n) is 11.3. The molecule has 2 amide bonds. The maximum Gasteiger partial charge on any atom is 0.264 e. The van der Waals surface area contributed by atoms with Gasteiger partial charge in [-0.2, -0.15) is 0 Å². The summed E-state index contributed by atoms with van der Waals surface area (Å²) in [5.41, 5.74) is 4.05. The van der Waals surface area contributed by atoms with E-state index in [4.69, 9.17) is 0 Å². The first-order valence-electron chi connectivity index (χ1n) is 15.0. The van der Waals surface area contributed by atoms with Crippen LogP contribution in [0.4, 0.5) is 5.69 Å². The van der Waals surface area contributed by atoms with Crippen LogP contribution in [0.3, 0.4) is 0 Å². The molecular weight excluding hydrogens is 650 g/mol. The topological polar surface area (TPSA) is 86.8 Å². The average molecular weight is 691 g/mol. The van der Waals surface area contributed by atoms with Gasteiger partial charge in [0, 0.05) is 23.5 Å². The van der Waals surface area contributed by atoms with Crippen LogP contribution in [-0.4, -0.2) is 43.8 Å². The highest BCUT2D eigenvalue weighted by molar-refractivity contribution is 9.10. The predicted molar refractivity (Wildman–Crippen MR) is 183 cm³/mol. The summed E-state index contributed by atoms with van der Waals surface area (Å²) in [6, 6.07) is 29.7. The number of aryl methyl sites for hydroxylation is 2. The number of sulfonamides is 1. The molecule has 9 heteroatoms. The van der Waals surface area contributed by atoms with Crippen molar-refractivity contribution in [3.63, 3.8) is 0 Å². The molecule has 0 fully saturated rings. The van der Waals surface area contributed by atoms with Gasteiger partial charge in [-0.15, -0.1) is 0 Å². The number of benzene rings is 4. The Kier molecular flexibility index (Phi) is 11.6. The number of hydrogen-bond acceptors (Lipinski definition) is 4. The summed E-state index contributed by atoms with van der Waals surface area (Å²) in [7, 11) is -4.15. The molecule has 0 saturated heterocycles. The molecule has 0 radical (unpaired) electrons. The van der Waals surface area contributed by atoms with E-state index in [-0.39, 0.29) is 29.8 Å². The van der Waals surface area contributed by atoms with Gasteiger partial charge in [-0.25, -0.2) is 8.42 Å². The summed E-state index contributed by atoms with van der Waals surface area (Å²) < 4.78 is 30.2. The van der Waals surface area contributed by atoms with Gasteiger partial charge >= 0.3 is 0 Å². The Morgan fingerprint density at radius 2 is 1.38 bits per heavy atom. The van der Waals surface area contributed by atoms with Crippen LogP contribution in [0.2, 0.25) is 0 Å². The smallest absolute Gasteiger partial charge is 0.264 e. The van der Waals surface area contributed by atoms with E-state index in [1.54, 1.807) is 48.5 Å². The molecule has 2 unspecified atom stereocenters. The summed E-state index contributed by atoms with van der Waals surface area (Å²) in [5.74, 6) is -0.778. The Labute approximate surface area is 275 Å². The average Bonchev–Trinajstić information content (AvgIpc) is 3.03. The highest BCUT2D eigenvalue weighted by atomic mass is 79.9. The zero-order valence-electron chi connectivity index (χ0n) is 26.1. The maximum absolute atomic E-state index is 14.5. The van der Waals surface area contributed by atoms with Crippen molar-refractivity contribution in [2.45, 2.75) is 64.1 Å². The first-order valence-corrected chi connectivity index (χ1v) is 17.3. The highest BCUT2D eigenvalue weighted by Crippen LogP contribution is 2.27. The molecule has 0 aliphatic carbocycles. The van der Waals surface area contributed by atoms with Gasteiger partial charge in [-0.3, -0.25) is 13.9 Å². The van der Waals surface area contributed by atoms with Crippen molar-refractivity contribution >= 4 is 43.5 Å². The van der Waals surface area contributed by atoms with Crippen LogP contribution in [0.25, 0.3) is 0 Å². The van der Waals surface area contributed by atoms with Gasteiger partial charge in [0.15, 0.2) is 0 Å². The quantitative estimate of drug-likeness (QED) is 0.167. The molecule has 236 valence electrons. The fraction of sp³-hybridized carbons (Fsp3) is 0.278. The van der Waals surface area contributed by atoms with Gasteiger partial charge in [-0.1, -0.05) is 101 Å². The monoisotopic (exact) mass is 689 g/mol. The van der Waals surface area contributed by atoms with Crippen molar-refractivity contribution < 1.29 is 18.0 Å². The van der Waals surface area contributed by atoms with Crippen LogP contribution in [0.15, 0.2) is 112 Å². The second-order valence-corrected chi connectivity index (χ2v) is 14.1. The SMILES string of the molecule is CCC(C)NC(=O)C(Cc1ccccc1)N(Cc1ccc(C)cc1)C(=O)CN(c1ccc(Br)cc1)S(=O)(=O)c1ccc(C)cc1. The number of nitrogens with zero attached hydrogens (tertiary/aromatic N) is 2. The van der Waals surface area contributed by atoms with Gasteiger partial charge in [0.05, 0.1) is 10.6 Å². The Morgan fingerprint density at radius 1 is 0.800 bits per heavy atom. The number of carbonyl (C=O) groups is 2. The van der Waals surface area contributed by atoms with Gasteiger partial charge in [0.25, 0.3) is 10.0 Å². The van der Waals surface area contributed by atoms with E-state index in [9.17, 15) is 18.0 Å². The van der Waals surface area contributed by atoms with Crippen molar-refractivity contribution in [2.75, 3.05) is 10.8 Å². The molecule has 4 aromatic rings. The number of nitrogens with one attached hydrogen (secondary N) is 1. The molecule has 45 heavy (non-hydrogen) atoms. The summed E-state index contributed by atoms with van der Waals surface area (Å²) in [4.78, 5) is 30.0. The summed E-state index contributed by atoms with van der Waals surface area (Å²) in [5, 5.41) is 3.06. The summed E-state index contributed by atoms with van der Waals surface area (Å²) >= 11 is 3.42. The number of halogens is 1. The van der Waals surface area contributed by atoms with E-state index in [0.29, 0.717) is 5.69 Å². The fourth-order valence-electron chi connectivity index (χ4n) is 4.86. The molecule has 4 aromatic carbocycles. The van der Waals surface area contributed by atoms with E-state index in [2.05, 4.69) is 21.2 Å². The van der Waals surface area contributed by atoms with Gasteiger partial charge in [0.1, 0.15) is 12.6 Å². The number of rotatable bonds is 13. The van der Waals surface area contributed by atoms with Crippen molar-refractivity contribution in [2.24, 2.45) is 0 Å². The molecule has 4 rings (SSSR count). The number of carbonyl (C=O) groups excluding carboxylic acids is 2. The van der Waals surface area contributed by atoms with Crippen molar-refractivity contribution in [1.82, 2.24) is 10.2 Å². The molecular formula is C36H40BrN3O4S. The third kappa shape index (κ3) is 9.05.